The molecule has 2 rings (SSSR count). The highest BCUT2D eigenvalue weighted by molar-refractivity contribution is 5.26. The second kappa shape index (κ2) is 8.14. The lowest BCUT2D eigenvalue weighted by Crippen LogP contribution is -2.19. The van der Waals surface area contributed by atoms with Crippen molar-refractivity contribution in [1.82, 2.24) is 5.32 Å². The molecule has 0 amide bonds. The molecule has 0 radical (unpaired) electrons. The fourth-order valence-electron chi connectivity index (χ4n) is 2.71. The van der Waals surface area contributed by atoms with Gasteiger partial charge in [0.25, 0.3) is 0 Å². The van der Waals surface area contributed by atoms with Crippen LogP contribution >= 0.6 is 0 Å². The van der Waals surface area contributed by atoms with Gasteiger partial charge in [-0.2, -0.15) is 0 Å². The van der Waals surface area contributed by atoms with Gasteiger partial charge in [-0.3, -0.25) is 0 Å². The molecule has 1 nitrogen and oxygen atoms in total. The van der Waals surface area contributed by atoms with Gasteiger partial charge in [-0.1, -0.05) is 74.9 Å². The number of benzene rings is 2. The molecular formula is C21H29N. The zero-order valence-electron chi connectivity index (χ0n) is 14.4. The molecule has 22 heavy (non-hydrogen) atoms. The summed E-state index contributed by atoms with van der Waals surface area (Å²) >= 11 is 0. The third-order valence-electron chi connectivity index (χ3n) is 4.09. The fraction of sp³-hybridized carbons (Fsp3) is 0.429. The largest absolute Gasteiger partial charge is 0.312 e. The second-order valence-electron chi connectivity index (χ2n) is 6.86. The molecule has 0 saturated heterocycles. The Kier molecular flexibility index (Phi) is 6.21. The van der Waals surface area contributed by atoms with Crippen LogP contribution in [-0.4, -0.2) is 6.54 Å². The quantitative estimate of drug-likeness (QED) is 0.750. The van der Waals surface area contributed by atoms with Crippen molar-refractivity contribution < 1.29 is 0 Å². The van der Waals surface area contributed by atoms with Gasteiger partial charge in [0.2, 0.25) is 0 Å². The highest BCUT2D eigenvalue weighted by Gasteiger charge is 2.06. The average Bonchev–Trinajstić information content (AvgIpc) is 2.49. The van der Waals surface area contributed by atoms with Crippen LogP contribution in [0.15, 0.2) is 48.5 Å². The molecule has 118 valence electrons. The zero-order chi connectivity index (χ0) is 15.9. The Bertz CT molecular complexity index is 551. The lowest BCUT2D eigenvalue weighted by Gasteiger charge is -2.14. The van der Waals surface area contributed by atoms with Crippen LogP contribution in [0.2, 0.25) is 0 Å². The molecule has 0 aliphatic carbocycles. The van der Waals surface area contributed by atoms with Crippen LogP contribution in [0.4, 0.5) is 0 Å². The molecule has 0 fully saturated rings. The molecule has 0 bridgehead atoms. The van der Waals surface area contributed by atoms with Crippen LogP contribution in [0.3, 0.4) is 0 Å². The SMILES string of the molecule is Cc1ccc(CNCC(C)c2ccc(CC(C)C)cc2)cc1. The minimum absolute atomic E-state index is 0.540. The summed E-state index contributed by atoms with van der Waals surface area (Å²) in [6.45, 7) is 10.9. The number of nitrogens with one attached hydrogen (secondary N) is 1. The Balaban J connectivity index is 1.81. The molecule has 0 spiro atoms. The van der Waals surface area contributed by atoms with E-state index in [4.69, 9.17) is 0 Å². The lowest BCUT2D eigenvalue weighted by molar-refractivity contribution is 0.614. The summed E-state index contributed by atoms with van der Waals surface area (Å²) in [7, 11) is 0. The summed E-state index contributed by atoms with van der Waals surface area (Å²) in [5.74, 6) is 1.26. The van der Waals surface area contributed by atoms with Crippen molar-refractivity contribution in [2.75, 3.05) is 6.54 Å². The van der Waals surface area contributed by atoms with Crippen molar-refractivity contribution in [2.45, 2.75) is 46.6 Å². The predicted octanol–water partition coefficient (Wildman–Crippen LogP) is 5.09. The highest BCUT2D eigenvalue weighted by atomic mass is 14.9. The standard InChI is InChI=1S/C21H29N/c1-16(2)13-19-9-11-21(12-10-19)18(4)14-22-15-20-7-5-17(3)6-8-20/h5-12,16,18,22H,13-15H2,1-4H3. The third-order valence-corrected chi connectivity index (χ3v) is 4.09. The summed E-state index contributed by atoms with van der Waals surface area (Å²) in [6, 6.07) is 17.9. The molecule has 1 atom stereocenters. The van der Waals surface area contributed by atoms with Gasteiger partial charge in [-0.05, 0) is 41.9 Å². The van der Waals surface area contributed by atoms with E-state index < -0.39 is 0 Å². The first-order valence-electron chi connectivity index (χ1n) is 8.39. The van der Waals surface area contributed by atoms with Gasteiger partial charge < -0.3 is 5.32 Å². The Morgan fingerprint density at radius 2 is 1.41 bits per heavy atom. The molecule has 0 aromatic heterocycles. The van der Waals surface area contributed by atoms with Crippen molar-refractivity contribution in [3.05, 3.63) is 70.8 Å². The molecule has 0 aliphatic heterocycles. The van der Waals surface area contributed by atoms with Crippen LogP contribution in [-0.2, 0) is 13.0 Å². The topological polar surface area (TPSA) is 12.0 Å². The maximum Gasteiger partial charge on any atom is 0.0205 e. The normalized spacial score (nSPS) is 12.6. The van der Waals surface area contributed by atoms with Crippen molar-refractivity contribution in [3.8, 4) is 0 Å². The number of hydrogen-bond acceptors (Lipinski definition) is 1. The molecule has 1 heteroatoms. The zero-order valence-corrected chi connectivity index (χ0v) is 14.4. The lowest BCUT2D eigenvalue weighted by atomic mass is 9.97. The average molecular weight is 295 g/mol. The highest BCUT2D eigenvalue weighted by Crippen LogP contribution is 2.17. The number of rotatable bonds is 7. The van der Waals surface area contributed by atoms with Crippen LogP contribution in [0.5, 0.6) is 0 Å². The maximum absolute atomic E-state index is 3.57. The minimum Gasteiger partial charge on any atom is -0.312 e. The van der Waals surface area contributed by atoms with E-state index >= 15 is 0 Å². The smallest absolute Gasteiger partial charge is 0.0205 e. The Morgan fingerprint density at radius 1 is 0.818 bits per heavy atom. The summed E-state index contributed by atoms with van der Waals surface area (Å²) in [6.07, 6.45) is 1.17. The number of aryl methyl sites for hydroxylation is 1. The van der Waals surface area contributed by atoms with Gasteiger partial charge in [-0.25, -0.2) is 0 Å². The molecule has 2 aromatic rings. The molecule has 1 unspecified atom stereocenters. The van der Waals surface area contributed by atoms with Crippen molar-refractivity contribution >= 4 is 0 Å². The Labute approximate surface area is 135 Å². The van der Waals surface area contributed by atoms with E-state index in [9.17, 15) is 0 Å². The van der Waals surface area contributed by atoms with Gasteiger partial charge in [0.1, 0.15) is 0 Å². The van der Waals surface area contributed by atoms with Crippen LogP contribution in [0.1, 0.15) is 48.9 Å². The summed E-state index contributed by atoms with van der Waals surface area (Å²) in [5.41, 5.74) is 5.53. The van der Waals surface area contributed by atoms with E-state index in [1.807, 2.05) is 0 Å². The van der Waals surface area contributed by atoms with Gasteiger partial charge in [0.05, 0.1) is 0 Å². The second-order valence-corrected chi connectivity index (χ2v) is 6.86. The van der Waals surface area contributed by atoms with Crippen LogP contribution in [0, 0.1) is 12.8 Å². The summed E-state index contributed by atoms with van der Waals surface area (Å²) < 4.78 is 0. The van der Waals surface area contributed by atoms with Gasteiger partial charge in [-0.15, -0.1) is 0 Å². The van der Waals surface area contributed by atoms with E-state index in [0.29, 0.717) is 5.92 Å². The molecule has 0 heterocycles. The number of hydrogen-bond donors (Lipinski definition) is 1. The van der Waals surface area contributed by atoms with Crippen molar-refractivity contribution in [1.29, 1.82) is 0 Å². The van der Waals surface area contributed by atoms with E-state index in [1.165, 1.54) is 28.7 Å². The first-order chi connectivity index (χ1) is 10.5. The molecular weight excluding hydrogens is 266 g/mol. The predicted molar refractivity (Wildman–Crippen MR) is 96.3 cm³/mol. The Hall–Kier alpha value is -1.60. The molecule has 1 N–H and O–H groups in total. The fourth-order valence-corrected chi connectivity index (χ4v) is 2.71. The van der Waals surface area contributed by atoms with Gasteiger partial charge in [0.15, 0.2) is 0 Å². The third kappa shape index (κ3) is 5.31. The monoisotopic (exact) mass is 295 g/mol. The van der Waals surface area contributed by atoms with E-state index in [-0.39, 0.29) is 0 Å². The van der Waals surface area contributed by atoms with Crippen LogP contribution < -0.4 is 5.32 Å². The van der Waals surface area contributed by atoms with Crippen molar-refractivity contribution in [2.24, 2.45) is 5.92 Å². The molecule has 0 saturated carbocycles. The first-order valence-corrected chi connectivity index (χ1v) is 8.39. The molecule has 0 aliphatic rings. The van der Waals surface area contributed by atoms with Gasteiger partial charge >= 0.3 is 0 Å². The first kappa shape index (κ1) is 16.8. The van der Waals surface area contributed by atoms with Crippen molar-refractivity contribution in [3.63, 3.8) is 0 Å². The van der Waals surface area contributed by atoms with Crippen LogP contribution in [0.25, 0.3) is 0 Å². The summed E-state index contributed by atoms with van der Waals surface area (Å²) in [5, 5.41) is 3.57. The minimum atomic E-state index is 0.540. The summed E-state index contributed by atoms with van der Waals surface area (Å²) in [4.78, 5) is 0. The Morgan fingerprint density at radius 3 is 2.00 bits per heavy atom. The van der Waals surface area contributed by atoms with Gasteiger partial charge in [0, 0.05) is 13.1 Å². The van der Waals surface area contributed by atoms with E-state index in [2.05, 4.69) is 81.5 Å². The maximum atomic E-state index is 3.57. The molecule has 2 aromatic carbocycles. The van der Waals surface area contributed by atoms with E-state index in [0.717, 1.165) is 19.0 Å². The van der Waals surface area contributed by atoms with E-state index in [1.54, 1.807) is 0 Å².